The Morgan fingerprint density at radius 1 is 1.08 bits per heavy atom. The van der Waals surface area contributed by atoms with Crippen molar-refractivity contribution in [3.63, 3.8) is 0 Å². The molecule has 0 aliphatic heterocycles. The van der Waals surface area contributed by atoms with E-state index in [1.165, 1.54) is 6.20 Å². The molecule has 0 fully saturated rings. The van der Waals surface area contributed by atoms with Crippen LogP contribution in [0.1, 0.15) is 21.5 Å². The van der Waals surface area contributed by atoms with Gasteiger partial charge in [0.2, 0.25) is 0 Å². The van der Waals surface area contributed by atoms with Crippen LogP contribution < -0.4 is 10.6 Å². The summed E-state index contributed by atoms with van der Waals surface area (Å²) in [5, 5.41) is 6.76. The van der Waals surface area contributed by atoms with E-state index in [4.69, 9.17) is 11.6 Å². The second kappa shape index (κ2) is 7.77. The molecule has 0 unspecified atom stereocenters. The molecule has 126 valence electrons. The van der Waals surface area contributed by atoms with Gasteiger partial charge in [-0.15, -0.1) is 0 Å². The smallest absolute Gasteiger partial charge is 0.253 e. The number of nitrogens with zero attached hydrogens (tertiary/aromatic N) is 2. The molecule has 3 rings (SSSR count). The second-order valence-corrected chi connectivity index (χ2v) is 6.02. The molecule has 1 aromatic carbocycles. The lowest BCUT2D eigenvalue weighted by atomic mass is 10.2. The molecule has 0 aliphatic carbocycles. The van der Waals surface area contributed by atoms with Gasteiger partial charge < -0.3 is 10.6 Å². The molecular weight excluding hydrogens is 336 g/mol. The van der Waals surface area contributed by atoms with Crippen LogP contribution in [-0.4, -0.2) is 15.9 Å². The minimum Gasteiger partial charge on any atom is -0.354 e. The van der Waals surface area contributed by atoms with Gasteiger partial charge in [-0.05, 0) is 48.4 Å². The van der Waals surface area contributed by atoms with E-state index in [0.29, 0.717) is 17.1 Å². The third-order valence-electron chi connectivity index (χ3n) is 3.68. The predicted molar refractivity (Wildman–Crippen MR) is 99.1 cm³/mol. The molecule has 0 atom stereocenters. The number of benzene rings is 1. The topological polar surface area (TPSA) is 66.9 Å². The highest BCUT2D eigenvalue weighted by atomic mass is 35.5. The molecule has 5 nitrogen and oxygen atoms in total. The lowest BCUT2D eigenvalue weighted by Gasteiger charge is -2.11. The van der Waals surface area contributed by atoms with Crippen molar-refractivity contribution in [2.24, 2.45) is 0 Å². The number of carbonyl (C=O) groups excluding carboxylic acids is 1. The highest BCUT2D eigenvalue weighted by molar-refractivity contribution is 6.30. The van der Waals surface area contributed by atoms with Crippen molar-refractivity contribution in [3.8, 4) is 0 Å². The fourth-order valence-electron chi connectivity index (χ4n) is 2.30. The van der Waals surface area contributed by atoms with Gasteiger partial charge in [-0.2, -0.15) is 0 Å². The normalized spacial score (nSPS) is 10.3. The maximum absolute atomic E-state index is 12.3. The maximum atomic E-state index is 12.3. The van der Waals surface area contributed by atoms with Crippen LogP contribution in [0.5, 0.6) is 0 Å². The molecule has 2 heterocycles. The highest BCUT2D eigenvalue weighted by Gasteiger charge is 2.08. The number of aryl methyl sites for hydroxylation is 1. The lowest BCUT2D eigenvalue weighted by Crippen LogP contribution is -2.23. The van der Waals surface area contributed by atoms with Crippen LogP contribution >= 0.6 is 11.6 Å². The molecular formula is C19H17ClN4O. The number of nitrogens with one attached hydrogen (secondary N) is 2. The SMILES string of the molecule is Cc1ccc(Cl)cc1Nc1cncc(C(=O)NCc2ccncc2)c1. The van der Waals surface area contributed by atoms with Gasteiger partial charge in [0.25, 0.3) is 5.91 Å². The number of pyridine rings is 2. The fourth-order valence-corrected chi connectivity index (χ4v) is 2.47. The second-order valence-electron chi connectivity index (χ2n) is 5.58. The number of anilines is 2. The molecule has 6 heteroatoms. The number of rotatable bonds is 5. The number of aromatic nitrogens is 2. The van der Waals surface area contributed by atoms with Crippen molar-refractivity contribution in [2.75, 3.05) is 5.32 Å². The van der Waals surface area contributed by atoms with E-state index in [0.717, 1.165) is 22.5 Å². The van der Waals surface area contributed by atoms with Crippen molar-refractivity contribution in [3.05, 3.63) is 82.9 Å². The number of hydrogen-bond acceptors (Lipinski definition) is 4. The van der Waals surface area contributed by atoms with Gasteiger partial charge in [0.05, 0.1) is 17.4 Å². The third-order valence-corrected chi connectivity index (χ3v) is 3.92. The van der Waals surface area contributed by atoms with Gasteiger partial charge >= 0.3 is 0 Å². The zero-order chi connectivity index (χ0) is 17.6. The fraction of sp³-hybridized carbons (Fsp3) is 0.105. The lowest BCUT2D eigenvalue weighted by molar-refractivity contribution is 0.0950. The standard InChI is InChI=1S/C19H17ClN4O/c1-13-2-3-16(20)9-18(13)24-17-8-15(11-22-12-17)19(25)23-10-14-4-6-21-7-5-14/h2-9,11-12,24H,10H2,1H3,(H,23,25). The Kier molecular flexibility index (Phi) is 5.26. The molecule has 0 aliphatic rings. The number of halogens is 1. The van der Waals surface area contributed by atoms with E-state index < -0.39 is 0 Å². The average molecular weight is 353 g/mol. The first-order chi connectivity index (χ1) is 12.1. The average Bonchev–Trinajstić information content (AvgIpc) is 2.64. The Balaban J connectivity index is 1.70. The molecule has 0 saturated heterocycles. The van der Waals surface area contributed by atoms with Crippen LogP contribution in [0.3, 0.4) is 0 Å². The highest BCUT2D eigenvalue weighted by Crippen LogP contribution is 2.24. The molecule has 0 spiro atoms. The molecule has 0 saturated carbocycles. The molecule has 0 bridgehead atoms. The molecule has 3 aromatic rings. The van der Waals surface area contributed by atoms with Crippen molar-refractivity contribution < 1.29 is 4.79 Å². The molecule has 1 amide bonds. The van der Waals surface area contributed by atoms with Gasteiger partial charge in [-0.25, -0.2) is 0 Å². The van der Waals surface area contributed by atoms with Crippen LogP contribution in [0, 0.1) is 6.92 Å². The molecule has 0 radical (unpaired) electrons. The van der Waals surface area contributed by atoms with Crippen LogP contribution in [0.25, 0.3) is 0 Å². The summed E-state index contributed by atoms with van der Waals surface area (Å²) < 4.78 is 0. The number of amides is 1. The summed E-state index contributed by atoms with van der Waals surface area (Å²) in [6, 6.07) is 11.1. The summed E-state index contributed by atoms with van der Waals surface area (Å²) in [4.78, 5) is 20.4. The van der Waals surface area contributed by atoms with Crippen LogP contribution in [0.4, 0.5) is 11.4 Å². The van der Waals surface area contributed by atoms with Gasteiger partial charge in [-0.3, -0.25) is 14.8 Å². The van der Waals surface area contributed by atoms with Gasteiger partial charge in [0.15, 0.2) is 0 Å². The third kappa shape index (κ3) is 4.55. The Morgan fingerprint density at radius 2 is 1.88 bits per heavy atom. The Morgan fingerprint density at radius 3 is 2.68 bits per heavy atom. The minimum absolute atomic E-state index is 0.184. The monoisotopic (exact) mass is 352 g/mol. The van der Waals surface area contributed by atoms with Gasteiger partial charge in [0.1, 0.15) is 0 Å². The quantitative estimate of drug-likeness (QED) is 0.725. The number of carbonyl (C=O) groups is 1. The predicted octanol–water partition coefficient (Wildman–Crippen LogP) is 4.11. The van der Waals surface area contributed by atoms with Gasteiger partial charge in [0, 0.05) is 35.8 Å². The Hall–Kier alpha value is -2.92. The van der Waals surface area contributed by atoms with Crippen molar-refractivity contribution in [2.45, 2.75) is 13.5 Å². The first-order valence-corrected chi connectivity index (χ1v) is 8.15. The van der Waals surface area contributed by atoms with E-state index in [-0.39, 0.29) is 5.91 Å². The van der Waals surface area contributed by atoms with Crippen LogP contribution in [0.2, 0.25) is 5.02 Å². The summed E-state index contributed by atoms with van der Waals surface area (Å²) in [5.74, 6) is -0.184. The summed E-state index contributed by atoms with van der Waals surface area (Å²) in [5.41, 5.74) is 4.13. The van der Waals surface area contributed by atoms with E-state index in [1.807, 2.05) is 37.3 Å². The first kappa shape index (κ1) is 16.9. The van der Waals surface area contributed by atoms with E-state index in [1.54, 1.807) is 24.7 Å². The summed E-state index contributed by atoms with van der Waals surface area (Å²) in [6.07, 6.45) is 6.60. The van der Waals surface area contributed by atoms with E-state index in [2.05, 4.69) is 20.6 Å². The van der Waals surface area contributed by atoms with Crippen molar-refractivity contribution in [1.29, 1.82) is 0 Å². The Bertz CT molecular complexity index is 884. The van der Waals surface area contributed by atoms with E-state index >= 15 is 0 Å². The first-order valence-electron chi connectivity index (χ1n) is 7.77. The summed E-state index contributed by atoms with van der Waals surface area (Å²) in [6.45, 7) is 2.42. The van der Waals surface area contributed by atoms with Crippen LogP contribution in [-0.2, 0) is 6.54 Å². The van der Waals surface area contributed by atoms with Crippen molar-refractivity contribution >= 4 is 28.9 Å². The minimum atomic E-state index is -0.184. The zero-order valence-electron chi connectivity index (χ0n) is 13.7. The van der Waals surface area contributed by atoms with Crippen molar-refractivity contribution in [1.82, 2.24) is 15.3 Å². The summed E-state index contributed by atoms with van der Waals surface area (Å²) in [7, 11) is 0. The Labute approximate surface area is 151 Å². The largest absolute Gasteiger partial charge is 0.354 e. The number of hydrogen-bond donors (Lipinski definition) is 2. The van der Waals surface area contributed by atoms with Gasteiger partial charge in [-0.1, -0.05) is 17.7 Å². The summed E-state index contributed by atoms with van der Waals surface area (Å²) >= 11 is 6.04. The zero-order valence-corrected chi connectivity index (χ0v) is 14.4. The molecule has 25 heavy (non-hydrogen) atoms. The molecule has 2 N–H and O–H groups in total. The van der Waals surface area contributed by atoms with E-state index in [9.17, 15) is 4.79 Å². The maximum Gasteiger partial charge on any atom is 0.253 e. The van der Waals surface area contributed by atoms with Crippen LogP contribution in [0.15, 0.2) is 61.2 Å². The molecule has 2 aromatic heterocycles.